The lowest BCUT2D eigenvalue weighted by atomic mass is 10.1. The van der Waals surface area contributed by atoms with Gasteiger partial charge < -0.3 is 5.32 Å². The van der Waals surface area contributed by atoms with Crippen molar-refractivity contribution < 1.29 is 4.39 Å². The van der Waals surface area contributed by atoms with E-state index in [1.54, 1.807) is 16.9 Å². The summed E-state index contributed by atoms with van der Waals surface area (Å²) < 4.78 is 15.6. The topological polar surface area (TPSA) is 29.9 Å². The molecule has 96 valence electrons. The van der Waals surface area contributed by atoms with E-state index in [2.05, 4.69) is 17.3 Å². The van der Waals surface area contributed by atoms with Gasteiger partial charge in [0.2, 0.25) is 0 Å². The zero-order chi connectivity index (χ0) is 13.0. The zero-order valence-electron chi connectivity index (χ0n) is 10.8. The molecule has 0 unspecified atom stereocenters. The summed E-state index contributed by atoms with van der Waals surface area (Å²) in [6, 6.07) is 5.13. The number of para-hydroxylation sites is 1. The maximum atomic E-state index is 14.0. The first-order valence-corrected chi connectivity index (χ1v) is 6.22. The van der Waals surface area contributed by atoms with Crippen LogP contribution in [0.4, 0.5) is 4.39 Å². The first kappa shape index (κ1) is 12.8. The molecule has 0 saturated carbocycles. The van der Waals surface area contributed by atoms with Gasteiger partial charge in [0, 0.05) is 12.7 Å². The van der Waals surface area contributed by atoms with E-state index in [1.165, 1.54) is 6.07 Å². The molecule has 1 aromatic heterocycles. The second-order valence-electron chi connectivity index (χ2n) is 4.39. The van der Waals surface area contributed by atoms with Crippen molar-refractivity contribution in [1.29, 1.82) is 0 Å². The Morgan fingerprint density at radius 3 is 2.89 bits per heavy atom. The molecule has 3 nitrogen and oxygen atoms in total. The van der Waals surface area contributed by atoms with Crippen LogP contribution in [-0.4, -0.2) is 16.3 Å². The minimum Gasteiger partial charge on any atom is -0.313 e. The number of aromatic nitrogens is 2. The fourth-order valence-electron chi connectivity index (χ4n) is 1.89. The van der Waals surface area contributed by atoms with E-state index in [-0.39, 0.29) is 5.82 Å². The maximum absolute atomic E-state index is 14.0. The number of benzene rings is 1. The van der Waals surface area contributed by atoms with E-state index in [4.69, 9.17) is 0 Å². The molecule has 0 saturated heterocycles. The van der Waals surface area contributed by atoms with Gasteiger partial charge in [0.1, 0.15) is 11.5 Å². The van der Waals surface area contributed by atoms with Crippen molar-refractivity contribution in [2.45, 2.75) is 26.8 Å². The van der Waals surface area contributed by atoms with Gasteiger partial charge in [-0.3, -0.25) is 0 Å². The van der Waals surface area contributed by atoms with E-state index in [0.717, 1.165) is 24.1 Å². The lowest BCUT2D eigenvalue weighted by Crippen LogP contribution is -2.16. The fourth-order valence-corrected chi connectivity index (χ4v) is 1.89. The largest absolute Gasteiger partial charge is 0.313 e. The highest BCUT2D eigenvalue weighted by atomic mass is 19.1. The number of hydrogen-bond donors (Lipinski definition) is 1. The van der Waals surface area contributed by atoms with Gasteiger partial charge in [0.05, 0.1) is 6.20 Å². The molecule has 0 fully saturated rings. The van der Waals surface area contributed by atoms with Crippen LogP contribution in [0.25, 0.3) is 5.69 Å². The molecule has 18 heavy (non-hydrogen) atoms. The molecule has 1 aromatic carbocycles. The molecule has 0 bridgehead atoms. The third-order valence-corrected chi connectivity index (χ3v) is 2.75. The van der Waals surface area contributed by atoms with Crippen molar-refractivity contribution in [3.05, 3.63) is 47.5 Å². The smallest absolute Gasteiger partial charge is 0.149 e. The number of hydrogen-bond acceptors (Lipinski definition) is 2. The van der Waals surface area contributed by atoms with E-state index < -0.39 is 0 Å². The summed E-state index contributed by atoms with van der Waals surface area (Å²) in [5.41, 5.74) is 2.48. The Balaban J connectivity index is 2.32. The van der Waals surface area contributed by atoms with E-state index in [9.17, 15) is 4.39 Å². The van der Waals surface area contributed by atoms with Crippen LogP contribution in [0.15, 0.2) is 30.6 Å². The predicted molar refractivity (Wildman–Crippen MR) is 70.3 cm³/mol. The van der Waals surface area contributed by atoms with Gasteiger partial charge >= 0.3 is 0 Å². The fraction of sp³-hybridized carbons (Fsp3) is 0.357. The Bertz CT molecular complexity index is 520. The Morgan fingerprint density at radius 2 is 2.22 bits per heavy atom. The molecule has 2 aromatic rings. The lowest BCUT2D eigenvalue weighted by molar-refractivity contribution is 0.600. The summed E-state index contributed by atoms with van der Waals surface area (Å²) in [5.74, 6) is -0.242. The molecular formula is C14H18FN3. The second kappa shape index (κ2) is 5.78. The van der Waals surface area contributed by atoms with Gasteiger partial charge in [-0.2, -0.15) is 5.10 Å². The number of nitrogens with one attached hydrogen (secondary N) is 1. The zero-order valence-corrected chi connectivity index (χ0v) is 10.8. The van der Waals surface area contributed by atoms with Crippen LogP contribution in [0.3, 0.4) is 0 Å². The summed E-state index contributed by atoms with van der Waals surface area (Å²) in [6.07, 6.45) is 4.63. The van der Waals surface area contributed by atoms with Gasteiger partial charge in [0.25, 0.3) is 0 Å². The van der Waals surface area contributed by atoms with Crippen LogP contribution in [0.2, 0.25) is 0 Å². The van der Waals surface area contributed by atoms with Gasteiger partial charge in [-0.15, -0.1) is 0 Å². The quantitative estimate of drug-likeness (QED) is 0.823. The predicted octanol–water partition coefficient (Wildman–Crippen LogP) is 2.82. The Hall–Kier alpha value is -1.68. The van der Waals surface area contributed by atoms with Crippen molar-refractivity contribution in [2.24, 2.45) is 0 Å². The Morgan fingerprint density at radius 1 is 1.39 bits per heavy atom. The molecule has 0 radical (unpaired) electrons. The highest BCUT2D eigenvalue weighted by molar-refractivity contribution is 5.42. The Kier molecular flexibility index (Phi) is 4.10. The molecule has 0 amide bonds. The third kappa shape index (κ3) is 2.76. The van der Waals surface area contributed by atoms with Crippen LogP contribution in [0, 0.1) is 12.7 Å². The van der Waals surface area contributed by atoms with E-state index in [0.29, 0.717) is 12.2 Å². The number of aryl methyl sites for hydroxylation is 1. The van der Waals surface area contributed by atoms with Gasteiger partial charge in [-0.05, 0) is 37.1 Å². The maximum Gasteiger partial charge on any atom is 0.149 e. The van der Waals surface area contributed by atoms with Crippen LogP contribution < -0.4 is 5.32 Å². The summed E-state index contributed by atoms with van der Waals surface area (Å²) in [5, 5.41) is 7.47. The second-order valence-corrected chi connectivity index (χ2v) is 4.39. The van der Waals surface area contributed by atoms with Gasteiger partial charge in [-0.25, -0.2) is 9.07 Å². The molecular weight excluding hydrogens is 229 g/mol. The molecule has 2 rings (SSSR count). The molecule has 0 aliphatic heterocycles. The average molecular weight is 247 g/mol. The van der Waals surface area contributed by atoms with Crippen molar-refractivity contribution >= 4 is 0 Å². The van der Waals surface area contributed by atoms with Crippen LogP contribution >= 0.6 is 0 Å². The van der Waals surface area contributed by atoms with Crippen LogP contribution in [0.5, 0.6) is 0 Å². The Labute approximate surface area is 107 Å². The van der Waals surface area contributed by atoms with E-state index >= 15 is 0 Å². The SMILES string of the molecule is CCCNCc1cccc(F)c1-n1cc(C)cn1. The number of rotatable bonds is 5. The first-order chi connectivity index (χ1) is 8.72. The standard InChI is InChI=1S/C14H18FN3/c1-3-7-16-9-12-5-4-6-13(15)14(12)18-10-11(2)8-17-18/h4-6,8,10,16H,3,7,9H2,1-2H3. The van der Waals surface area contributed by atoms with Crippen LogP contribution in [-0.2, 0) is 6.54 Å². The third-order valence-electron chi connectivity index (χ3n) is 2.75. The summed E-state index contributed by atoms with van der Waals surface area (Å²) in [4.78, 5) is 0. The molecule has 0 aliphatic rings. The van der Waals surface area contributed by atoms with Crippen molar-refractivity contribution in [3.63, 3.8) is 0 Å². The molecule has 1 heterocycles. The number of nitrogens with zero attached hydrogens (tertiary/aromatic N) is 2. The molecule has 4 heteroatoms. The highest BCUT2D eigenvalue weighted by Gasteiger charge is 2.10. The van der Waals surface area contributed by atoms with Crippen molar-refractivity contribution in [2.75, 3.05) is 6.54 Å². The normalized spacial score (nSPS) is 10.8. The van der Waals surface area contributed by atoms with Crippen molar-refractivity contribution in [3.8, 4) is 5.69 Å². The molecule has 1 N–H and O–H groups in total. The average Bonchev–Trinajstić information content (AvgIpc) is 2.76. The van der Waals surface area contributed by atoms with Gasteiger partial charge in [-0.1, -0.05) is 19.1 Å². The number of halogens is 1. The van der Waals surface area contributed by atoms with Crippen LogP contribution in [0.1, 0.15) is 24.5 Å². The summed E-state index contributed by atoms with van der Waals surface area (Å²) in [6.45, 7) is 5.63. The summed E-state index contributed by atoms with van der Waals surface area (Å²) in [7, 11) is 0. The first-order valence-electron chi connectivity index (χ1n) is 6.22. The van der Waals surface area contributed by atoms with Gasteiger partial charge in [0.15, 0.2) is 0 Å². The van der Waals surface area contributed by atoms with Crippen molar-refractivity contribution in [1.82, 2.24) is 15.1 Å². The summed E-state index contributed by atoms with van der Waals surface area (Å²) >= 11 is 0. The lowest BCUT2D eigenvalue weighted by Gasteiger charge is -2.11. The minimum atomic E-state index is -0.242. The molecule has 0 atom stereocenters. The molecule has 0 aliphatic carbocycles. The van der Waals surface area contributed by atoms with E-state index in [1.807, 2.05) is 19.2 Å². The molecule has 0 spiro atoms. The minimum absolute atomic E-state index is 0.242. The monoisotopic (exact) mass is 247 g/mol. The highest BCUT2D eigenvalue weighted by Crippen LogP contribution is 2.18.